The van der Waals surface area contributed by atoms with Gasteiger partial charge in [0.2, 0.25) is 0 Å². The molecule has 2 unspecified atom stereocenters. The molecule has 4 fully saturated rings. The van der Waals surface area contributed by atoms with Gasteiger partial charge in [0.25, 0.3) is 0 Å². The SMILES string of the molecule is SC12CC3CC(CC(C3)C1(S)S)C2. The van der Waals surface area contributed by atoms with E-state index in [0.29, 0.717) is 5.92 Å². The minimum atomic E-state index is -0.108. The molecule has 0 aromatic heterocycles. The molecule has 0 spiro atoms. The third kappa shape index (κ3) is 1.10. The second-order valence-electron chi connectivity index (χ2n) is 5.30. The van der Waals surface area contributed by atoms with Crippen molar-refractivity contribution < 1.29 is 0 Å². The molecule has 0 heterocycles. The Balaban J connectivity index is 2.03. The first kappa shape index (κ1) is 9.29. The molecule has 0 aromatic carbocycles. The van der Waals surface area contributed by atoms with Crippen LogP contribution in [-0.2, 0) is 0 Å². The van der Waals surface area contributed by atoms with Crippen LogP contribution >= 0.6 is 37.9 Å². The highest BCUT2D eigenvalue weighted by Gasteiger charge is 2.61. The van der Waals surface area contributed by atoms with E-state index in [1.807, 2.05) is 0 Å². The summed E-state index contributed by atoms with van der Waals surface area (Å²) in [6.07, 6.45) is 6.65. The highest BCUT2D eigenvalue weighted by molar-refractivity contribution is 8.02. The molecule has 0 saturated heterocycles. The van der Waals surface area contributed by atoms with Crippen LogP contribution in [0, 0.1) is 17.8 Å². The van der Waals surface area contributed by atoms with Crippen molar-refractivity contribution in [3.8, 4) is 0 Å². The van der Waals surface area contributed by atoms with Gasteiger partial charge in [0.15, 0.2) is 0 Å². The first-order valence-electron chi connectivity index (χ1n) is 5.18. The van der Waals surface area contributed by atoms with Crippen LogP contribution in [0.25, 0.3) is 0 Å². The standard InChI is InChI=1S/C10H16S3/c11-9-4-6-1-7(5-9)3-8(2-6)10(9,12)13/h6-8,11-13H,1-5H2. The molecule has 4 aliphatic rings. The van der Waals surface area contributed by atoms with E-state index < -0.39 is 0 Å². The summed E-state index contributed by atoms with van der Waals surface area (Å²) < 4.78 is 0.0114. The third-order valence-electron chi connectivity index (χ3n) is 4.41. The van der Waals surface area contributed by atoms with E-state index in [1.165, 1.54) is 32.1 Å². The molecule has 0 radical (unpaired) electrons. The fourth-order valence-electron chi connectivity index (χ4n) is 3.95. The summed E-state index contributed by atoms with van der Waals surface area (Å²) in [7, 11) is 0. The topological polar surface area (TPSA) is 0 Å². The summed E-state index contributed by atoms with van der Waals surface area (Å²) in [5.74, 6) is 2.58. The lowest BCUT2D eigenvalue weighted by Crippen LogP contribution is -2.60. The molecule has 4 aliphatic carbocycles. The molecule has 4 saturated carbocycles. The smallest absolute Gasteiger partial charge is 0.0723 e. The highest BCUT2D eigenvalue weighted by Crippen LogP contribution is 2.66. The van der Waals surface area contributed by atoms with Gasteiger partial charge in [0.05, 0.1) is 4.08 Å². The zero-order valence-corrected chi connectivity index (χ0v) is 10.3. The van der Waals surface area contributed by atoms with Crippen molar-refractivity contribution in [2.75, 3.05) is 0 Å². The van der Waals surface area contributed by atoms with E-state index in [0.717, 1.165) is 11.8 Å². The van der Waals surface area contributed by atoms with Crippen molar-refractivity contribution in [2.24, 2.45) is 17.8 Å². The van der Waals surface area contributed by atoms with Crippen LogP contribution in [0.2, 0.25) is 0 Å². The van der Waals surface area contributed by atoms with Crippen LogP contribution in [0.15, 0.2) is 0 Å². The average molecular weight is 232 g/mol. The van der Waals surface area contributed by atoms with Gasteiger partial charge >= 0.3 is 0 Å². The molecule has 2 atom stereocenters. The molecule has 0 amide bonds. The summed E-state index contributed by atoms with van der Waals surface area (Å²) in [5, 5.41) is 0. The predicted octanol–water partition coefficient (Wildman–Crippen LogP) is 3.05. The van der Waals surface area contributed by atoms with E-state index >= 15 is 0 Å². The van der Waals surface area contributed by atoms with E-state index in [2.05, 4.69) is 0 Å². The van der Waals surface area contributed by atoms with Crippen molar-refractivity contribution in [3.05, 3.63) is 0 Å². The first-order chi connectivity index (χ1) is 6.01. The lowest BCUT2D eigenvalue weighted by atomic mass is 9.55. The summed E-state index contributed by atoms with van der Waals surface area (Å²) >= 11 is 14.4. The third-order valence-corrected chi connectivity index (χ3v) is 7.07. The van der Waals surface area contributed by atoms with Gasteiger partial charge in [-0.3, -0.25) is 0 Å². The molecular formula is C10H16S3. The highest BCUT2D eigenvalue weighted by atomic mass is 32.2. The average Bonchev–Trinajstić information content (AvgIpc) is 1.99. The van der Waals surface area contributed by atoms with Crippen molar-refractivity contribution in [3.63, 3.8) is 0 Å². The van der Waals surface area contributed by atoms with Gasteiger partial charge in [-0.1, -0.05) is 0 Å². The second kappa shape index (κ2) is 2.59. The van der Waals surface area contributed by atoms with E-state index in [-0.39, 0.29) is 8.83 Å². The Hall–Kier alpha value is 1.05. The van der Waals surface area contributed by atoms with Crippen molar-refractivity contribution in [1.82, 2.24) is 0 Å². The Labute approximate surface area is 96.5 Å². The van der Waals surface area contributed by atoms with E-state index in [9.17, 15) is 0 Å². The lowest BCUT2D eigenvalue weighted by molar-refractivity contribution is 0.0363. The van der Waals surface area contributed by atoms with Gasteiger partial charge < -0.3 is 0 Å². The maximum atomic E-state index is 4.88. The van der Waals surface area contributed by atoms with E-state index in [4.69, 9.17) is 37.9 Å². The van der Waals surface area contributed by atoms with Crippen LogP contribution in [0.3, 0.4) is 0 Å². The Kier molecular flexibility index (Phi) is 1.85. The van der Waals surface area contributed by atoms with Crippen molar-refractivity contribution in [1.29, 1.82) is 0 Å². The number of rotatable bonds is 0. The Morgan fingerprint density at radius 2 is 1.38 bits per heavy atom. The fourth-order valence-corrected chi connectivity index (χ4v) is 5.43. The van der Waals surface area contributed by atoms with Gasteiger partial charge in [0.1, 0.15) is 0 Å². The second-order valence-corrected chi connectivity index (χ2v) is 7.92. The lowest BCUT2D eigenvalue weighted by Gasteiger charge is -2.62. The largest absolute Gasteiger partial charge is 0.170 e. The molecule has 0 aromatic rings. The van der Waals surface area contributed by atoms with Gasteiger partial charge in [-0.25, -0.2) is 0 Å². The van der Waals surface area contributed by atoms with Gasteiger partial charge in [-0.2, -0.15) is 37.9 Å². The van der Waals surface area contributed by atoms with Crippen LogP contribution in [0.4, 0.5) is 0 Å². The Morgan fingerprint density at radius 3 is 1.85 bits per heavy atom. The molecule has 13 heavy (non-hydrogen) atoms. The van der Waals surface area contributed by atoms with Crippen LogP contribution < -0.4 is 0 Å². The molecule has 3 heteroatoms. The monoisotopic (exact) mass is 232 g/mol. The van der Waals surface area contributed by atoms with Crippen LogP contribution in [0.1, 0.15) is 32.1 Å². The zero-order chi connectivity index (χ0) is 9.27. The maximum absolute atomic E-state index is 4.88. The molecule has 4 rings (SSSR count). The molecular weight excluding hydrogens is 216 g/mol. The molecule has 74 valence electrons. The molecule has 0 nitrogen and oxygen atoms in total. The molecule has 0 N–H and O–H groups in total. The summed E-state index contributed by atoms with van der Waals surface area (Å²) in [6.45, 7) is 0. The number of thiol groups is 3. The zero-order valence-electron chi connectivity index (χ0n) is 7.61. The summed E-state index contributed by atoms with van der Waals surface area (Å²) in [5.41, 5.74) is 0. The maximum Gasteiger partial charge on any atom is 0.0723 e. The summed E-state index contributed by atoms with van der Waals surface area (Å²) in [6, 6.07) is 0. The van der Waals surface area contributed by atoms with Crippen molar-refractivity contribution >= 4 is 37.9 Å². The van der Waals surface area contributed by atoms with Crippen molar-refractivity contribution in [2.45, 2.75) is 40.9 Å². The molecule has 0 aliphatic heterocycles. The summed E-state index contributed by atoms with van der Waals surface area (Å²) in [4.78, 5) is 0. The van der Waals surface area contributed by atoms with E-state index in [1.54, 1.807) is 0 Å². The van der Waals surface area contributed by atoms with Gasteiger partial charge in [0, 0.05) is 4.75 Å². The molecule has 4 bridgehead atoms. The quantitative estimate of drug-likeness (QED) is 0.415. The Bertz CT molecular complexity index is 235. The fraction of sp³-hybridized carbons (Fsp3) is 1.00. The minimum Gasteiger partial charge on any atom is -0.170 e. The number of hydrogen-bond acceptors (Lipinski definition) is 3. The van der Waals surface area contributed by atoms with Crippen LogP contribution in [-0.4, -0.2) is 8.83 Å². The Morgan fingerprint density at radius 1 is 0.846 bits per heavy atom. The number of hydrogen-bond donors (Lipinski definition) is 3. The normalized spacial score (nSPS) is 57.0. The first-order valence-corrected chi connectivity index (χ1v) is 6.52. The minimum absolute atomic E-state index is 0.108. The van der Waals surface area contributed by atoms with Crippen LogP contribution in [0.5, 0.6) is 0 Å². The predicted molar refractivity (Wildman–Crippen MR) is 66.0 cm³/mol. The van der Waals surface area contributed by atoms with Gasteiger partial charge in [-0.15, -0.1) is 0 Å². The van der Waals surface area contributed by atoms with Gasteiger partial charge in [-0.05, 0) is 49.9 Å².